The number of rotatable bonds is 7. The zero-order chi connectivity index (χ0) is 15.9. The third kappa shape index (κ3) is 4.57. The molecule has 3 nitrogen and oxygen atoms in total. The van der Waals surface area contributed by atoms with Crippen molar-refractivity contribution < 1.29 is 9.53 Å². The van der Waals surface area contributed by atoms with Crippen LogP contribution in [0, 0.1) is 13.8 Å². The molecule has 0 aromatic heterocycles. The first-order valence-electron chi connectivity index (χ1n) is 8.61. The molecule has 3 heteroatoms. The molecule has 22 heavy (non-hydrogen) atoms. The van der Waals surface area contributed by atoms with Gasteiger partial charge in [0.1, 0.15) is 5.75 Å². The lowest BCUT2D eigenvalue weighted by molar-refractivity contribution is 0.0954. The van der Waals surface area contributed by atoms with Crippen molar-refractivity contribution in [2.75, 3.05) is 26.2 Å². The van der Waals surface area contributed by atoms with Crippen LogP contribution in [-0.2, 0) is 0 Å². The molecule has 0 atom stereocenters. The molecule has 0 bridgehead atoms. The minimum atomic E-state index is 0.212. The number of piperidine rings is 1. The molecule has 122 valence electrons. The minimum absolute atomic E-state index is 0.212. The second-order valence-corrected chi connectivity index (χ2v) is 6.38. The van der Waals surface area contributed by atoms with Crippen LogP contribution in [0.2, 0.25) is 0 Å². The van der Waals surface area contributed by atoms with E-state index < -0.39 is 0 Å². The summed E-state index contributed by atoms with van der Waals surface area (Å²) in [5.74, 6) is 1.000. The molecule has 1 aliphatic rings. The Kier molecular flexibility index (Phi) is 6.44. The zero-order valence-corrected chi connectivity index (χ0v) is 14.3. The van der Waals surface area contributed by atoms with Gasteiger partial charge in [-0.2, -0.15) is 0 Å². The molecule has 0 aliphatic carbocycles. The fraction of sp³-hybridized carbons (Fsp3) is 0.632. The van der Waals surface area contributed by atoms with Gasteiger partial charge < -0.3 is 9.64 Å². The quantitative estimate of drug-likeness (QED) is 0.709. The number of hydrogen-bond donors (Lipinski definition) is 0. The molecule has 0 amide bonds. The van der Waals surface area contributed by atoms with Crippen LogP contribution in [0.5, 0.6) is 5.75 Å². The highest BCUT2D eigenvalue weighted by Crippen LogP contribution is 2.27. The lowest BCUT2D eigenvalue weighted by Crippen LogP contribution is -2.31. The van der Waals surface area contributed by atoms with E-state index in [0.29, 0.717) is 13.0 Å². The predicted octanol–water partition coefficient (Wildman–Crippen LogP) is 4.15. The summed E-state index contributed by atoms with van der Waals surface area (Å²) in [5, 5.41) is 0. The molecule has 2 rings (SSSR count). The summed E-state index contributed by atoms with van der Waals surface area (Å²) >= 11 is 0. The van der Waals surface area contributed by atoms with E-state index in [2.05, 4.69) is 17.9 Å². The van der Waals surface area contributed by atoms with Gasteiger partial charge in [0.05, 0.1) is 12.2 Å². The van der Waals surface area contributed by atoms with E-state index in [1.165, 1.54) is 19.3 Å². The normalized spacial score (nSPS) is 15.8. The first-order chi connectivity index (χ1) is 10.6. The summed E-state index contributed by atoms with van der Waals surface area (Å²) in [6.45, 7) is 9.97. The van der Waals surface area contributed by atoms with Crippen LogP contribution in [0.25, 0.3) is 0 Å². The molecule has 1 saturated heterocycles. The Morgan fingerprint density at radius 2 is 1.91 bits per heavy atom. The molecule has 0 spiro atoms. The van der Waals surface area contributed by atoms with Crippen molar-refractivity contribution in [3.05, 3.63) is 28.8 Å². The van der Waals surface area contributed by atoms with Gasteiger partial charge in [-0.1, -0.05) is 19.4 Å². The van der Waals surface area contributed by atoms with E-state index in [1.54, 1.807) is 0 Å². The molecule has 0 saturated carbocycles. The maximum atomic E-state index is 12.7. The SMILES string of the molecule is CCCOc1c(C)cc(C)cc1C(=O)CCN1CCCCC1. The number of nitrogens with zero attached hydrogens (tertiary/aromatic N) is 1. The highest BCUT2D eigenvalue weighted by molar-refractivity contribution is 5.99. The topological polar surface area (TPSA) is 29.5 Å². The molecule has 0 radical (unpaired) electrons. The van der Waals surface area contributed by atoms with Crippen molar-refractivity contribution in [2.45, 2.75) is 52.9 Å². The molecule has 1 aromatic rings. The van der Waals surface area contributed by atoms with Crippen LogP contribution in [0.15, 0.2) is 12.1 Å². The van der Waals surface area contributed by atoms with Gasteiger partial charge in [-0.05, 0) is 63.4 Å². The summed E-state index contributed by atoms with van der Waals surface area (Å²) < 4.78 is 5.85. The maximum absolute atomic E-state index is 12.7. The molecular weight excluding hydrogens is 274 g/mol. The van der Waals surface area contributed by atoms with Gasteiger partial charge in [-0.3, -0.25) is 4.79 Å². The Hall–Kier alpha value is -1.35. The average Bonchev–Trinajstić information content (AvgIpc) is 2.52. The van der Waals surface area contributed by atoms with E-state index in [1.807, 2.05) is 19.9 Å². The number of carbonyl (C=O) groups excluding carboxylic acids is 1. The molecule has 1 fully saturated rings. The first kappa shape index (κ1) is 17.0. The third-order valence-electron chi connectivity index (χ3n) is 4.27. The lowest BCUT2D eigenvalue weighted by Gasteiger charge is -2.26. The Morgan fingerprint density at radius 3 is 2.59 bits per heavy atom. The summed E-state index contributed by atoms with van der Waals surface area (Å²) in [7, 11) is 0. The smallest absolute Gasteiger partial charge is 0.167 e. The molecule has 1 aliphatic heterocycles. The van der Waals surface area contributed by atoms with Crippen LogP contribution in [0.3, 0.4) is 0 Å². The molecule has 1 heterocycles. The zero-order valence-electron chi connectivity index (χ0n) is 14.3. The number of benzene rings is 1. The number of ether oxygens (including phenoxy) is 1. The van der Waals surface area contributed by atoms with Gasteiger partial charge in [-0.15, -0.1) is 0 Å². The lowest BCUT2D eigenvalue weighted by atomic mass is 10.00. The Labute approximate surface area is 134 Å². The number of ketones is 1. The molecule has 0 N–H and O–H groups in total. The van der Waals surface area contributed by atoms with E-state index in [4.69, 9.17) is 4.74 Å². The summed E-state index contributed by atoms with van der Waals surface area (Å²) in [5.41, 5.74) is 2.96. The maximum Gasteiger partial charge on any atom is 0.167 e. The number of Topliss-reactive ketones (excluding diaryl/α,β-unsaturated/α-hetero) is 1. The Balaban J connectivity index is 2.06. The highest BCUT2D eigenvalue weighted by Gasteiger charge is 2.17. The number of hydrogen-bond acceptors (Lipinski definition) is 3. The van der Waals surface area contributed by atoms with Crippen molar-refractivity contribution in [3.63, 3.8) is 0 Å². The molecule has 0 unspecified atom stereocenters. The van der Waals surface area contributed by atoms with Crippen molar-refractivity contribution in [1.29, 1.82) is 0 Å². The summed E-state index contributed by atoms with van der Waals surface area (Å²) in [6.07, 6.45) is 5.40. The van der Waals surface area contributed by atoms with Crippen molar-refractivity contribution in [1.82, 2.24) is 4.90 Å². The monoisotopic (exact) mass is 303 g/mol. The largest absolute Gasteiger partial charge is 0.493 e. The number of aryl methyl sites for hydroxylation is 2. The molecular formula is C19H29NO2. The summed E-state index contributed by atoms with van der Waals surface area (Å²) in [4.78, 5) is 15.1. The second kappa shape index (κ2) is 8.33. The van der Waals surface area contributed by atoms with Gasteiger partial charge in [0.15, 0.2) is 5.78 Å². The molecule has 1 aromatic carbocycles. The van der Waals surface area contributed by atoms with E-state index >= 15 is 0 Å². The van der Waals surface area contributed by atoms with Crippen LogP contribution < -0.4 is 4.74 Å². The van der Waals surface area contributed by atoms with Gasteiger partial charge in [0.2, 0.25) is 0 Å². The first-order valence-corrected chi connectivity index (χ1v) is 8.61. The van der Waals surface area contributed by atoms with Gasteiger partial charge >= 0.3 is 0 Å². The van der Waals surface area contributed by atoms with E-state index in [9.17, 15) is 4.79 Å². The fourth-order valence-corrected chi connectivity index (χ4v) is 3.13. The Morgan fingerprint density at radius 1 is 1.18 bits per heavy atom. The van der Waals surface area contributed by atoms with Crippen LogP contribution in [0.4, 0.5) is 0 Å². The number of likely N-dealkylation sites (tertiary alicyclic amines) is 1. The third-order valence-corrected chi connectivity index (χ3v) is 4.27. The fourth-order valence-electron chi connectivity index (χ4n) is 3.13. The summed E-state index contributed by atoms with van der Waals surface area (Å²) in [6, 6.07) is 4.07. The van der Waals surface area contributed by atoms with Gasteiger partial charge in [0, 0.05) is 13.0 Å². The van der Waals surface area contributed by atoms with Crippen LogP contribution in [-0.4, -0.2) is 36.9 Å². The highest BCUT2D eigenvalue weighted by atomic mass is 16.5. The average molecular weight is 303 g/mol. The minimum Gasteiger partial charge on any atom is -0.493 e. The predicted molar refractivity (Wildman–Crippen MR) is 90.9 cm³/mol. The Bertz CT molecular complexity index is 504. The van der Waals surface area contributed by atoms with E-state index in [0.717, 1.165) is 48.5 Å². The standard InChI is InChI=1S/C19H29NO2/c1-4-12-22-19-16(3)13-15(2)14-17(19)18(21)8-11-20-9-6-5-7-10-20/h13-14H,4-12H2,1-3H3. The van der Waals surface area contributed by atoms with E-state index in [-0.39, 0.29) is 5.78 Å². The number of carbonyl (C=O) groups is 1. The van der Waals surface area contributed by atoms with Crippen LogP contribution >= 0.6 is 0 Å². The van der Waals surface area contributed by atoms with Crippen LogP contribution in [0.1, 0.15) is 60.5 Å². The van der Waals surface area contributed by atoms with Gasteiger partial charge in [-0.25, -0.2) is 0 Å². The van der Waals surface area contributed by atoms with Crippen molar-refractivity contribution in [3.8, 4) is 5.75 Å². The van der Waals surface area contributed by atoms with Gasteiger partial charge in [0.25, 0.3) is 0 Å². The van der Waals surface area contributed by atoms with Crippen molar-refractivity contribution in [2.24, 2.45) is 0 Å². The second-order valence-electron chi connectivity index (χ2n) is 6.38. The van der Waals surface area contributed by atoms with Crippen molar-refractivity contribution >= 4 is 5.78 Å².